The van der Waals surface area contributed by atoms with E-state index in [1.807, 2.05) is 18.2 Å². The van der Waals surface area contributed by atoms with Gasteiger partial charge in [0.05, 0.1) is 11.6 Å². The maximum atomic E-state index is 5.63. The molecule has 1 aromatic heterocycles. The highest BCUT2D eigenvalue weighted by atomic mass is 127. The van der Waals surface area contributed by atoms with E-state index in [2.05, 4.69) is 27.6 Å². The van der Waals surface area contributed by atoms with Gasteiger partial charge >= 0.3 is 0 Å². The van der Waals surface area contributed by atoms with Crippen LogP contribution in [0.15, 0.2) is 18.2 Å². The Labute approximate surface area is 85.3 Å². The van der Waals surface area contributed by atoms with Gasteiger partial charge in [0.15, 0.2) is 0 Å². The van der Waals surface area contributed by atoms with Crippen molar-refractivity contribution in [1.82, 2.24) is 4.98 Å². The Bertz CT molecular complexity index is 227. The van der Waals surface area contributed by atoms with Gasteiger partial charge in [-0.05, 0) is 18.6 Å². The molecule has 0 aromatic carbocycles. The summed E-state index contributed by atoms with van der Waals surface area (Å²) in [5.74, 6) is 0.509. The van der Waals surface area contributed by atoms with Crippen molar-refractivity contribution in [2.75, 3.05) is 4.43 Å². The van der Waals surface area contributed by atoms with Gasteiger partial charge < -0.3 is 0 Å². The van der Waals surface area contributed by atoms with E-state index in [1.165, 1.54) is 0 Å². The molecule has 1 rings (SSSR count). The minimum absolute atomic E-state index is 0.509. The van der Waals surface area contributed by atoms with Crippen molar-refractivity contribution in [2.24, 2.45) is 0 Å². The quantitative estimate of drug-likeness (QED) is 0.613. The number of aryl methyl sites for hydroxylation is 1. The molecule has 0 amide bonds. The first kappa shape index (κ1) is 9.26. The second-order valence-electron chi connectivity index (χ2n) is 2.19. The SMILES string of the molecule is ClCc1cccc(CCI)n1. The van der Waals surface area contributed by atoms with E-state index < -0.39 is 0 Å². The second-order valence-corrected chi connectivity index (χ2v) is 3.54. The monoisotopic (exact) mass is 281 g/mol. The normalized spacial score (nSPS) is 10.0. The second kappa shape index (κ2) is 4.93. The van der Waals surface area contributed by atoms with E-state index in [-0.39, 0.29) is 0 Å². The first-order valence-electron chi connectivity index (χ1n) is 3.43. The van der Waals surface area contributed by atoms with E-state index in [0.717, 1.165) is 22.2 Å². The summed E-state index contributed by atoms with van der Waals surface area (Å²) in [4.78, 5) is 4.34. The highest BCUT2D eigenvalue weighted by Crippen LogP contribution is 2.03. The van der Waals surface area contributed by atoms with E-state index in [0.29, 0.717) is 5.88 Å². The zero-order valence-electron chi connectivity index (χ0n) is 6.06. The summed E-state index contributed by atoms with van der Waals surface area (Å²) in [6.07, 6.45) is 1.03. The predicted octanol–water partition coefficient (Wildman–Crippen LogP) is 2.80. The number of halogens is 2. The fourth-order valence-corrected chi connectivity index (χ4v) is 1.54. The Morgan fingerprint density at radius 1 is 1.36 bits per heavy atom. The average Bonchev–Trinajstić information content (AvgIpc) is 2.06. The molecule has 0 N–H and O–H groups in total. The number of aromatic nitrogens is 1. The van der Waals surface area contributed by atoms with Crippen LogP contribution in [0.25, 0.3) is 0 Å². The predicted molar refractivity (Wildman–Crippen MR) is 56.4 cm³/mol. The highest BCUT2D eigenvalue weighted by molar-refractivity contribution is 14.1. The van der Waals surface area contributed by atoms with Gasteiger partial charge in [0, 0.05) is 10.1 Å². The molecule has 3 heteroatoms. The topological polar surface area (TPSA) is 12.9 Å². The molecule has 0 saturated heterocycles. The third-order valence-corrected chi connectivity index (χ3v) is 2.17. The summed E-state index contributed by atoms with van der Waals surface area (Å²) in [6, 6.07) is 5.99. The van der Waals surface area contributed by atoms with Crippen molar-refractivity contribution < 1.29 is 0 Å². The Hall–Kier alpha value is 0.170. The molecule has 0 aliphatic rings. The Kier molecular flexibility index (Phi) is 4.15. The van der Waals surface area contributed by atoms with E-state index in [9.17, 15) is 0 Å². The molecule has 0 atom stereocenters. The molecular weight excluding hydrogens is 272 g/mol. The van der Waals surface area contributed by atoms with E-state index in [1.54, 1.807) is 0 Å². The molecule has 11 heavy (non-hydrogen) atoms. The molecule has 1 heterocycles. The third-order valence-electron chi connectivity index (χ3n) is 1.35. The van der Waals surface area contributed by atoms with Crippen LogP contribution in [-0.2, 0) is 12.3 Å². The molecule has 0 fully saturated rings. The Morgan fingerprint density at radius 3 is 2.73 bits per heavy atom. The van der Waals surface area contributed by atoms with Crippen LogP contribution in [0.1, 0.15) is 11.4 Å². The molecule has 0 aliphatic heterocycles. The van der Waals surface area contributed by atoms with Gasteiger partial charge in [-0.15, -0.1) is 11.6 Å². The van der Waals surface area contributed by atoms with Gasteiger partial charge in [0.25, 0.3) is 0 Å². The van der Waals surface area contributed by atoms with E-state index >= 15 is 0 Å². The maximum absolute atomic E-state index is 5.63. The first-order valence-corrected chi connectivity index (χ1v) is 5.49. The van der Waals surface area contributed by atoms with Gasteiger partial charge in [-0.1, -0.05) is 28.7 Å². The number of rotatable bonds is 3. The fraction of sp³-hybridized carbons (Fsp3) is 0.375. The van der Waals surface area contributed by atoms with Crippen LogP contribution < -0.4 is 0 Å². The van der Waals surface area contributed by atoms with Gasteiger partial charge in [-0.3, -0.25) is 4.98 Å². The van der Waals surface area contributed by atoms with Crippen LogP contribution in [0.3, 0.4) is 0 Å². The summed E-state index contributed by atoms with van der Waals surface area (Å²) < 4.78 is 1.11. The zero-order chi connectivity index (χ0) is 8.10. The molecule has 1 aromatic rings. The van der Waals surface area contributed by atoms with Gasteiger partial charge in [0.2, 0.25) is 0 Å². The van der Waals surface area contributed by atoms with Crippen molar-refractivity contribution in [3.05, 3.63) is 29.6 Å². The van der Waals surface area contributed by atoms with Gasteiger partial charge in [-0.2, -0.15) is 0 Å². The van der Waals surface area contributed by atoms with Crippen molar-refractivity contribution in [1.29, 1.82) is 0 Å². The van der Waals surface area contributed by atoms with Crippen molar-refractivity contribution >= 4 is 34.2 Å². The molecule has 0 bridgehead atoms. The van der Waals surface area contributed by atoms with Crippen LogP contribution in [0.5, 0.6) is 0 Å². The number of nitrogens with zero attached hydrogens (tertiary/aromatic N) is 1. The summed E-state index contributed by atoms with van der Waals surface area (Å²) in [5, 5.41) is 0. The third kappa shape index (κ3) is 2.95. The molecule has 0 aliphatic carbocycles. The lowest BCUT2D eigenvalue weighted by Crippen LogP contribution is -1.93. The number of hydrogen-bond donors (Lipinski definition) is 0. The molecule has 60 valence electrons. The molecule has 0 saturated carbocycles. The van der Waals surface area contributed by atoms with Gasteiger partial charge in [0.1, 0.15) is 0 Å². The fourth-order valence-electron chi connectivity index (χ4n) is 0.840. The van der Waals surface area contributed by atoms with Crippen LogP contribution in [0.2, 0.25) is 0 Å². The van der Waals surface area contributed by atoms with Crippen LogP contribution in [0, 0.1) is 0 Å². The molecule has 0 radical (unpaired) electrons. The number of alkyl halides is 2. The van der Waals surface area contributed by atoms with Gasteiger partial charge in [-0.25, -0.2) is 0 Å². The molecule has 1 nitrogen and oxygen atoms in total. The minimum atomic E-state index is 0.509. The molecule has 0 spiro atoms. The summed E-state index contributed by atoms with van der Waals surface area (Å²) in [7, 11) is 0. The summed E-state index contributed by atoms with van der Waals surface area (Å²) >= 11 is 7.98. The highest BCUT2D eigenvalue weighted by Gasteiger charge is 1.94. The van der Waals surface area contributed by atoms with Crippen LogP contribution >= 0.6 is 34.2 Å². The summed E-state index contributed by atoms with van der Waals surface area (Å²) in [5.41, 5.74) is 2.10. The average molecular weight is 282 g/mol. The molecule has 0 unspecified atom stereocenters. The zero-order valence-corrected chi connectivity index (χ0v) is 8.97. The van der Waals surface area contributed by atoms with Crippen molar-refractivity contribution in [3.8, 4) is 0 Å². The number of hydrogen-bond acceptors (Lipinski definition) is 1. The van der Waals surface area contributed by atoms with Crippen LogP contribution in [0.4, 0.5) is 0 Å². The Morgan fingerprint density at radius 2 is 2.09 bits per heavy atom. The lowest BCUT2D eigenvalue weighted by Gasteiger charge is -1.98. The van der Waals surface area contributed by atoms with Crippen LogP contribution in [-0.4, -0.2) is 9.41 Å². The smallest absolute Gasteiger partial charge is 0.0647 e. The first-order chi connectivity index (χ1) is 5.36. The van der Waals surface area contributed by atoms with E-state index in [4.69, 9.17) is 11.6 Å². The van der Waals surface area contributed by atoms with Crippen molar-refractivity contribution in [3.63, 3.8) is 0 Å². The summed E-state index contributed by atoms with van der Waals surface area (Å²) in [6.45, 7) is 0. The number of pyridine rings is 1. The maximum Gasteiger partial charge on any atom is 0.0647 e. The molecular formula is C8H9ClIN. The largest absolute Gasteiger partial charge is 0.257 e. The standard InChI is InChI=1S/C8H9ClIN/c9-6-8-3-1-2-7(11-8)4-5-10/h1-3H,4-6H2. The Balaban J connectivity index is 2.74. The van der Waals surface area contributed by atoms with Crippen molar-refractivity contribution in [2.45, 2.75) is 12.3 Å². The minimum Gasteiger partial charge on any atom is -0.257 e. The lowest BCUT2D eigenvalue weighted by atomic mass is 10.3. The lowest BCUT2D eigenvalue weighted by molar-refractivity contribution is 1.02.